The van der Waals surface area contributed by atoms with Crippen molar-refractivity contribution < 1.29 is 5.11 Å². The number of benzene rings is 1. The molecule has 3 rings (SSSR count). The Hall–Kier alpha value is -1.65. The first-order chi connectivity index (χ1) is 12.2. The van der Waals surface area contributed by atoms with Crippen LogP contribution >= 0.6 is 35.3 Å². The summed E-state index contributed by atoms with van der Waals surface area (Å²) in [7, 11) is 1.89. The Kier molecular flexibility index (Phi) is 7.85. The highest BCUT2D eigenvalue weighted by molar-refractivity contribution is 14.0. The second kappa shape index (κ2) is 9.89. The van der Waals surface area contributed by atoms with E-state index in [0.717, 1.165) is 17.0 Å². The van der Waals surface area contributed by atoms with Crippen LogP contribution < -0.4 is 10.6 Å². The normalized spacial score (nSPS) is 12.7. The fraction of sp³-hybridized carbons (Fsp3) is 0.333. The summed E-state index contributed by atoms with van der Waals surface area (Å²) in [5.74, 6) is 0.687. The number of aryl methyl sites for hydroxylation is 1. The number of guanidine groups is 1. The molecule has 3 N–H and O–H groups in total. The van der Waals surface area contributed by atoms with Gasteiger partial charge in [0.15, 0.2) is 5.96 Å². The van der Waals surface area contributed by atoms with Gasteiger partial charge in [-0.05, 0) is 24.4 Å². The number of fused-ring (bicyclic) bond motifs is 1. The molecule has 1 unspecified atom stereocenters. The highest BCUT2D eigenvalue weighted by Gasteiger charge is 2.12. The Morgan fingerprint density at radius 1 is 1.35 bits per heavy atom. The minimum atomic E-state index is -0.570. The molecule has 2 aromatic heterocycles. The molecule has 140 valence electrons. The smallest absolute Gasteiger partial charge is 0.191 e. The molecule has 3 aromatic rings. The topological polar surface area (TPSA) is 74.5 Å². The van der Waals surface area contributed by atoms with Crippen LogP contribution in [0.3, 0.4) is 0 Å². The van der Waals surface area contributed by atoms with Crippen molar-refractivity contribution in [2.45, 2.75) is 19.6 Å². The fourth-order valence-corrected chi connectivity index (χ4v) is 3.58. The lowest BCUT2D eigenvalue weighted by Crippen LogP contribution is -2.39. The average molecular weight is 485 g/mol. The predicted octanol–water partition coefficient (Wildman–Crippen LogP) is 3.04. The molecule has 0 amide bonds. The van der Waals surface area contributed by atoms with Gasteiger partial charge in [0.2, 0.25) is 0 Å². The lowest BCUT2D eigenvalue weighted by atomic mass is 10.2. The number of nitrogens with zero attached hydrogens (tertiary/aromatic N) is 3. The first kappa shape index (κ1) is 20.7. The molecule has 0 saturated carbocycles. The Balaban J connectivity index is 0.00000243. The highest BCUT2D eigenvalue weighted by Crippen LogP contribution is 2.29. The maximum Gasteiger partial charge on any atom is 0.191 e. The van der Waals surface area contributed by atoms with E-state index in [1.807, 2.05) is 38.4 Å². The molecular weight excluding hydrogens is 461 g/mol. The van der Waals surface area contributed by atoms with Gasteiger partial charge in [0.05, 0.1) is 12.7 Å². The Bertz CT molecular complexity index is 827. The largest absolute Gasteiger partial charge is 0.386 e. The van der Waals surface area contributed by atoms with Crippen molar-refractivity contribution in [3.63, 3.8) is 0 Å². The lowest BCUT2D eigenvalue weighted by molar-refractivity contribution is 0.184. The van der Waals surface area contributed by atoms with E-state index in [0.29, 0.717) is 19.0 Å². The number of rotatable bonds is 6. The molecule has 0 fully saturated rings. The number of nitrogens with one attached hydrogen (secondary N) is 2. The van der Waals surface area contributed by atoms with Crippen LogP contribution in [0.2, 0.25) is 0 Å². The molecule has 0 bridgehead atoms. The molecule has 0 aliphatic heterocycles. The number of aromatic nitrogens is 2. The van der Waals surface area contributed by atoms with Gasteiger partial charge in [0.1, 0.15) is 6.10 Å². The van der Waals surface area contributed by atoms with Crippen molar-refractivity contribution in [3.8, 4) is 0 Å². The monoisotopic (exact) mass is 485 g/mol. The lowest BCUT2D eigenvalue weighted by Gasteiger charge is -2.14. The van der Waals surface area contributed by atoms with Gasteiger partial charge in [-0.15, -0.1) is 35.3 Å². The Morgan fingerprint density at radius 2 is 2.15 bits per heavy atom. The van der Waals surface area contributed by atoms with Crippen LogP contribution in [0.25, 0.3) is 10.1 Å². The van der Waals surface area contributed by atoms with Crippen LogP contribution in [0.15, 0.2) is 47.7 Å². The molecule has 6 nitrogen and oxygen atoms in total. The van der Waals surface area contributed by atoms with E-state index in [9.17, 15) is 5.11 Å². The van der Waals surface area contributed by atoms with Crippen LogP contribution in [0.4, 0.5) is 0 Å². The van der Waals surface area contributed by atoms with Gasteiger partial charge in [-0.1, -0.05) is 18.2 Å². The zero-order valence-electron chi connectivity index (χ0n) is 14.8. The molecule has 8 heteroatoms. The summed E-state index contributed by atoms with van der Waals surface area (Å²) in [6, 6.07) is 10.2. The van der Waals surface area contributed by atoms with Crippen molar-refractivity contribution >= 4 is 51.4 Å². The van der Waals surface area contributed by atoms with Gasteiger partial charge in [-0.25, -0.2) is 4.99 Å². The zero-order chi connectivity index (χ0) is 17.6. The van der Waals surface area contributed by atoms with Crippen molar-refractivity contribution in [3.05, 3.63) is 53.2 Å². The van der Waals surface area contributed by atoms with E-state index >= 15 is 0 Å². The summed E-state index contributed by atoms with van der Waals surface area (Å²) in [5.41, 5.74) is 1.05. The first-order valence-corrected chi connectivity index (χ1v) is 9.13. The molecule has 0 radical (unpaired) electrons. The van der Waals surface area contributed by atoms with Crippen LogP contribution in [0.5, 0.6) is 0 Å². The molecule has 1 atom stereocenters. The Labute approximate surface area is 174 Å². The number of thiophene rings is 1. The Morgan fingerprint density at radius 3 is 2.85 bits per heavy atom. The zero-order valence-corrected chi connectivity index (χ0v) is 18.0. The van der Waals surface area contributed by atoms with E-state index in [2.05, 4.69) is 32.9 Å². The molecule has 1 aromatic carbocycles. The summed E-state index contributed by atoms with van der Waals surface area (Å²) < 4.78 is 2.95. The van der Waals surface area contributed by atoms with Crippen LogP contribution in [0, 0.1) is 0 Å². The third-order valence-corrected chi connectivity index (χ3v) is 4.98. The second-order valence-corrected chi connectivity index (χ2v) is 6.92. The van der Waals surface area contributed by atoms with E-state index in [1.165, 1.54) is 10.1 Å². The number of hydrogen-bond acceptors (Lipinski definition) is 4. The molecule has 0 saturated heterocycles. The summed E-state index contributed by atoms with van der Waals surface area (Å²) >= 11 is 1.62. The number of aliphatic imine (C=N–C) groups is 1. The van der Waals surface area contributed by atoms with Crippen LogP contribution in [-0.4, -0.2) is 33.9 Å². The molecule has 0 spiro atoms. The maximum atomic E-state index is 10.5. The van der Waals surface area contributed by atoms with Crippen molar-refractivity contribution in [1.29, 1.82) is 0 Å². The predicted molar refractivity (Wildman–Crippen MR) is 118 cm³/mol. The average Bonchev–Trinajstić information content (AvgIpc) is 3.23. The molecular formula is C18H24IN5OS. The molecule has 0 aliphatic carbocycles. The summed E-state index contributed by atoms with van der Waals surface area (Å²) in [4.78, 5) is 5.49. The quantitative estimate of drug-likeness (QED) is 0.285. The second-order valence-electron chi connectivity index (χ2n) is 5.80. The standard InChI is InChI=1S/C18H23N5OS.HI/c1-3-19-18(20-9-13-10-22-23(2)12-13)21-11-15(24)17-8-14-6-4-5-7-16(14)25-17;/h4-8,10,12,15,24H,3,9,11H2,1-2H3,(H2,19,20,21);1H. The SMILES string of the molecule is CCNC(=NCc1cnn(C)c1)NCC(O)c1cc2ccccc2s1.I. The van der Waals surface area contributed by atoms with Gasteiger partial charge >= 0.3 is 0 Å². The molecule has 0 aliphatic rings. The number of aliphatic hydroxyl groups is 1. The van der Waals surface area contributed by atoms with Crippen molar-refractivity contribution in [1.82, 2.24) is 20.4 Å². The van der Waals surface area contributed by atoms with Crippen LogP contribution in [0.1, 0.15) is 23.5 Å². The van der Waals surface area contributed by atoms with Gasteiger partial charge < -0.3 is 15.7 Å². The summed E-state index contributed by atoms with van der Waals surface area (Å²) in [6.45, 7) is 3.73. The first-order valence-electron chi connectivity index (χ1n) is 8.32. The van der Waals surface area contributed by atoms with Crippen LogP contribution in [-0.2, 0) is 13.6 Å². The third kappa shape index (κ3) is 5.42. The van der Waals surface area contributed by atoms with E-state index in [1.54, 1.807) is 22.2 Å². The molecule has 2 heterocycles. The van der Waals surface area contributed by atoms with Gasteiger partial charge in [-0.2, -0.15) is 5.10 Å². The maximum absolute atomic E-state index is 10.5. The number of halogens is 1. The van der Waals surface area contributed by atoms with Gasteiger partial charge in [0, 0.05) is 41.5 Å². The summed E-state index contributed by atoms with van der Waals surface area (Å²) in [5, 5.41) is 22.2. The highest BCUT2D eigenvalue weighted by atomic mass is 127. The van der Waals surface area contributed by atoms with E-state index in [-0.39, 0.29) is 24.0 Å². The van der Waals surface area contributed by atoms with Crippen molar-refractivity contribution in [2.75, 3.05) is 13.1 Å². The number of hydrogen-bond donors (Lipinski definition) is 3. The minimum Gasteiger partial charge on any atom is -0.386 e. The van der Waals surface area contributed by atoms with Crippen molar-refractivity contribution in [2.24, 2.45) is 12.0 Å². The molecule has 26 heavy (non-hydrogen) atoms. The summed E-state index contributed by atoms with van der Waals surface area (Å²) in [6.07, 6.45) is 3.18. The van der Waals surface area contributed by atoms with E-state index < -0.39 is 6.10 Å². The minimum absolute atomic E-state index is 0. The third-order valence-electron chi connectivity index (χ3n) is 3.76. The van der Waals surface area contributed by atoms with Gasteiger partial charge in [-0.3, -0.25) is 4.68 Å². The number of aliphatic hydroxyl groups excluding tert-OH is 1. The van der Waals surface area contributed by atoms with E-state index in [4.69, 9.17) is 0 Å². The fourth-order valence-electron chi connectivity index (χ4n) is 2.53. The van der Waals surface area contributed by atoms with Gasteiger partial charge in [0.25, 0.3) is 0 Å².